The van der Waals surface area contributed by atoms with Gasteiger partial charge in [-0.25, -0.2) is 0 Å². The number of fused-ring (bicyclic) bond motifs is 3. The number of benzene rings is 4. The van der Waals surface area contributed by atoms with Crippen LogP contribution < -0.4 is 15.5 Å². The molecule has 0 aliphatic carbocycles. The zero-order valence-electron chi connectivity index (χ0n) is 17.8. The van der Waals surface area contributed by atoms with Gasteiger partial charge in [0.05, 0.1) is 17.8 Å². The van der Waals surface area contributed by atoms with Gasteiger partial charge in [-0.15, -0.1) is 0 Å². The third-order valence-electron chi connectivity index (χ3n) is 5.63. The quantitative estimate of drug-likeness (QED) is 0.330. The van der Waals surface area contributed by atoms with E-state index in [1.54, 1.807) is 6.07 Å². The van der Waals surface area contributed by atoms with Crippen LogP contribution in [0.1, 0.15) is 5.56 Å². The fraction of sp³-hybridized carbons (Fsp3) is 0.0741. The van der Waals surface area contributed by atoms with Crippen LogP contribution in [0, 0.1) is 0 Å². The molecule has 0 saturated carbocycles. The maximum Gasteiger partial charge on any atom is 0.228 e. The van der Waals surface area contributed by atoms with Crippen LogP contribution in [0.25, 0.3) is 10.8 Å². The van der Waals surface area contributed by atoms with Crippen molar-refractivity contribution in [2.45, 2.75) is 6.42 Å². The van der Waals surface area contributed by atoms with E-state index in [2.05, 4.69) is 58.1 Å². The molecule has 1 aliphatic heterocycles. The highest BCUT2D eigenvalue weighted by Crippen LogP contribution is 2.39. The summed E-state index contributed by atoms with van der Waals surface area (Å²) in [6.07, 6.45) is 4.28. The SMILES string of the molecule is O=C(Cc1ccc(O)cc1Cl)Nc1ccc(N2C=CCNc3c2ccc2ccccc32)cc1. The molecule has 5 rings (SSSR count). The lowest BCUT2D eigenvalue weighted by molar-refractivity contribution is -0.115. The first-order chi connectivity index (χ1) is 16.1. The second-order valence-corrected chi connectivity index (χ2v) is 8.27. The van der Waals surface area contributed by atoms with Gasteiger partial charge in [0, 0.05) is 34.5 Å². The van der Waals surface area contributed by atoms with Gasteiger partial charge in [-0.05, 0) is 59.5 Å². The summed E-state index contributed by atoms with van der Waals surface area (Å²) in [4.78, 5) is 14.6. The Morgan fingerprint density at radius 3 is 2.67 bits per heavy atom. The lowest BCUT2D eigenvalue weighted by Crippen LogP contribution is -2.15. The second-order valence-electron chi connectivity index (χ2n) is 7.86. The largest absolute Gasteiger partial charge is 0.508 e. The van der Waals surface area contributed by atoms with E-state index in [4.69, 9.17) is 11.6 Å². The summed E-state index contributed by atoms with van der Waals surface area (Å²) < 4.78 is 0. The van der Waals surface area contributed by atoms with Gasteiger partial charge in [0.15, 0.2) is 0 Å². The van der Waals surface area contributed by atoms with Gasteiger partial charge < -0.3 is 20.6 Å². The van der Waals surface area contributed by atoms with E-state index in [1.165, 1.54) is 22.9 Å². The minimum Gasteiger partial charge on any atom is -0.508 e. The van der Waals surface area contributed by atoms with Crippen LogP contribution in [-0.2, 0) is 11.2 Å². The number of hydrogen-bond donors (Lipinski definition) is 3. The van der Waals surface area contributed by atoms with E-state index in [9.17, 15) is 9.90 Å². The highest BCUT2D eigenvalue weighted by molar-refractivity contribution is 6.31. The molecule has 0 atom stereocenters. The van der Waals surface area contributed by atoms with Crippen LogP contribution in [0.3, 0.4) is 0 Å². The molecule has 1 heterocycles. The van der Waals surface area contributed by atoms with Gasteiger partial charge in [-0.1, -0.05) is 48.0 Å². The van der Waals surface area contributed by atoms with Crippen molar-refractivity contribution in [1.82, 2.24) is 0 Å². The normalized spacial score (nSPS) is 12.7. The van der Waals surface area contributed by atoms with Gasteiger partial charge in [0.2, 0.25) is 5.91 Å². The molecule has 4 aromatic rings. The Hall–Kier alpha value is -3.96. The summed E-state index contributed by atoms with van der Waals surface area (Å²) >= 11 is 6.12. The molecule has 5 nitrogen and oxygen atoms in total. The molecule has 0 fully saturated rings. The maximum absolute atomic E-state index is 12.5. The number of carbonyl (C=O) groups is 1. The van der Waals surface area contributed by atoms with Gasteiger partial charge in [-0.3, -0.25) is 4.79 Å². The van der Waals surface area contributed by atoms with Crippen LogP contribution >= 0.6 is 11.6 Å². The first kappa shape index (κ1) is 20.9. The lowest BCUT2D eigenvalue weighted by atomic mass is 10.1. The summed E-state index contributed by atoms with van der Waals surface area (Å²) in [6, 6.07) is 24.9. The molecule has 6 heteroatoms. The molecule has 0 radical (unpaired) electrons. The molecular formula is C27H22ClN3O2. The Bertz CT molecular complexity index is 1370. The summed E-state index contributed by atoms with van der Waals surface area (Å²) in [5.41, 5.74) is 4.53. The monoisotopic (exact) mass is 455 g/mol. The molecule has 0 unspecified atom stereocenters. The highest BCUT2D eigenvalue weighted by Gasteiger charge is 2.16. The minimum absolute atomic E-state index is 0.0760. The number of carbonyl (C=O) groups excluding carboxylic acids is 1. The minimum atomic E-state index is -0.175. The molecule has 0 saturated heterocycles. The van der Waals surface area contributed by atoms with Crippen molar-refractivity contribution in [3.8, 4) is 5.75 Å². The van der Waals surface area contributed by atoms with Crippen molar-refractivity contribution in [2.24, 2.45) is 0 Å². The van der Waals surface area contributed by atoms with E-state index < -0.39 is 0 Å². The fourth-order valence-electron chi connectivity index (χ4n) is 4.03. The summed E-state index contributed by atoms with van der Waals surface area (Å²) in [5.74, 6) is -0.0990. The highest BCUT2D eigenvalue weighted by atomic mass is 35.5. The van der Waals surface area contributed by atoms with Crippen LogP contribution in [0.2, 0.25) is 5.02 Å². The van der Waals surface area contributed by atoms with Crippen LogP contribution in [-0.4, -0.2) is 17.6 Å². The number of rotatable bonds is 4. The van der Waals surface area contributed by atoms with E-state index in [0.717, 1.165) is 23.6 Å². The predicted molar refractivity (Wildman–Crippen MR) is 136 cm³/mol. The zero-order valence-corrected chi connectivity index (χ0v) is 18.5. The van der Waals surface area contributed by atoms with Crippen LogP contribution in [0.15, 0.2) is 91.1 Å². The topological polar surface area (TPSA) is 64.6 Å². The van der Waals surface area contributed by atoms with Crippen molar-refractivity contribution in [2.75, 3.05) is 22.1 Å². The molecule has 0 bridgehead atoms. The number of halogens is 1. The number of hydrogen-bond acceptors (Lipinski definition) is 4. The van der Waals surface area contributed by atoms with Gasteiger partial charge in [0.1, 0.15) is 5.75 Å². The number of anilines is 4. The molecule has 4 aromatic carbocycles. The van der Waals surface area contributed by atoms with E-state index in [0.29, 0.717) is 16.3 Å². The van der Waals surface area contributed by atoms with Crippen molar-refractivity contribution in [3.63, 3.8) is 0 Å². The molecule has 33 heavy (non-hydrogen) atoms. The molecule has 0 spiro atoms. The maximum atomic E-state index is 12.5. The third kappa shape index (κ3) is 4.36. The second kappa shape index (κ2) is 8.88. The summed E-state index contributed by atoms with van der Waals surface area (Å²) in [6.45, 7) is 0.742. The Morgan fingerprint density at radius 1 is 1.03 bits per heavy atom. The van der Waals surface area contributed by atoms with E-state index in [1.807, 2.05) is 30.3 Å². The number of nitrogens with one attached hydrogen (secondary N) is 2. The van der Waals surface area contributed by atoms with Gasteiger partial charge in [-0.2, -0.15) is 0 Å². The molecule has 1 aliphatic rings. The Kier molecular flexibility index (Phi) is 5.63. The Morgan fingerprint density at radius 2 is 1.85 bits per heavy atom. The number of aromatic hydroxyl groups is 1. The number of nitrogens with zero attached hydrogens (tertiary/aromatic N) is 1. The first-order valence-corrected chi connectivity index (χ1v) is 11.0. The Balaban J connectivity index is 1.36. The van der Waals surface area contributed by atoms with Crippen molar-refractivity contribution < 1.29 is 9.90 Å². The van der Waals surface area contributed by atoms with Gasteiger partial charge >= 0.3 is 0 Å². The number of phenolic OH excluding ortho intramolecular Hbond substituents is 1. The summed E-state index contributed by atoms with van der Waals surface area (Å²) in [7, 11) is 0. The third-order valence-corrected chi connectivity index (χ3v) is 5.99. The fourth-order valence-corrected chi connectivity index (χ4v) is 4.28. The number of phenols is 1. The molecule has 164 valence electrons. The molecule has 3 N–H and O–H groups in total. The average molecular weight is 456 g/mol. The molecule has 1 amide bonds. The standard InChI is InChI=1S/C27H22ClN3O2/c28-24-17-22(32)12-6-19(24)16-26(33)30-20-8-10-21(11-9-20)31-15-3-14-29-27-23-5-2-1-4-18(23)7-13-25(27)31/h1-13,15,17,29,32H,14,16H2,(H,30,33). The van der Waals surface area contributed by atoms with E-state index >= 15 is 0 Å². The zero-order chi connectivity index (χ0) is 22.8. The van der Waals surface area contributed by atoms with Crippen molar-refractivity contribution in [3.05, 3.63) is 102 Å². The van der Waals surface area contributed by atoms with E-state index in [-0.39, 0.29) is 18.1 Å². The van der Waals surface area contributed by atoms with Crippen molar-refractivity contribution in [1.29, 1.82) is 0 Å². The smallest absolute Gasteiger partial charge is 0.228 e. The molecular weight excluding hydrogens is 434 g/mol. The van der Waals surface area contributed by atoms with Crippen LogP contribution in [0.5, 0.6) is 5.75 Å². The van der Waals surface area contributed by atoms with Gasteiger partial charge in [0.25, 0.3) is 0 Å². The first-order valence-electron chi connectivity index (χ1n) is 10.7. The van der Waals surface area contributed by atoms with Crippen molar-refractivity contribution >= 4 is 51.0 Å². The predicted octanol–water partition coefficient (Wildman–Crippen LogP) is 6.46. The Labute approximate surface area is 196 Å². The lowest BCUT2D eigenvalue weighted by Gasteiger charge is -2.23. The number of amides is 1. The average Bonchev–Trinajstić information content (AvgIpc) is 3.04. The summed E-state index contributed by atoms with van der Waals surface area (Å²) in [5, 5.41) is 18.6. The van der Waals surface area contributed by atoms with Crippen LogP contribution in [0.4, 0.5) is 22.7 Å². The molecule has 0 aromatic heterocycles.